The first kappa shape index (κ1) is 11.1. The van der Waals surface area contributed by atoms with Crippen LogP contribution in [0.25, 0.3) is 0 Å². The summed E-state index contributed by atoms with van der Waals surface area (Å²) in [4.78, 5) is 5.12. The maximum atomic E-state index is 2.56. The topological polar surface area (TPSA) is 6.48 Å². The highest BCUT2D eigenvalue weighted by molar-refractivity contribution is 7.07. The second-order valence-corrected chi connectivity index (χ2v) is 5.32. The van der Waals surface area contributed by atoms with Crippen LogP contribution < -0.4 is 0 Å². The van der Waals surface area contributed by atoms with Crippen LogP contribution in [-0.4, -0.2) is 42.0 Å². The van der Waals surface area contributed by atoms with E-state index in [2.05, 4.69) is 40.5 Å². The van der Waals surface area contributed by atoms with Gasteiger partial charge in [-0.2, -0.15) is 11.3 Å². The van der Waals surface area contributed by atoms with E-state index < -0.39 is 0 Å². The molecule has 2 rings (SSSR count). The van der Waals surface area contributed by atoms with Crippen LogP contribution in [0.15, 0.2) is 16.8 Å². The Kier molecular flexibility index (Phi) is 3.78. The van der Waals surface area contributed by atoms with Crippen LogP contribution in [0.3, 0.4) is 0 Å². The molecule has 0 spiro atoms. The summed E-state index contributed by atoms with van der Waals surface area (Å²) in [6.45, 7) is 10.6. The number of thiophene rings is 1. The predicted octanol–water partition coefficient (Wildman–Crippen LogP) is 2.27. The summed E-state index contributed by atoms with van der Waals surface area (Å²) in [6, 6.07) is 2.94. The summed E-state index contributed by atoms with van der Waals surface area (Å²) < 4.78 is 0. The zero-order chi connectivity index (χ0) is 10.7. The molecule has 0 bridgehead atoms. The number of hydrogen-bond donors (Lipinski definition) is 0. The molecule has 1 aromatic rings. The lowest BCUT2D eigenvalue weighted by atomic mass is 10.2. The van der Waals surface area contributed by atoms with Crippen molar-refractivity contribution >= 4 is 11.3 Å². The van der Waals surface area contributed by atoms with Gasteiger partial charge >= 0.3 is 0 Å². The summed E-state index contributed by atoms with van der Waals surface area (Å²) in [6.07, 6.45) is 0. The van der Waals surface area contributed by atoms with E-state index in [1.807, 2.05) is 0 Å². The van der Waals surface area contributed by atoms with Crippen molar-refractivity contribution in [3.8, 4) is 0 Å². The minimum Gasteiger partial charge on any atom is -0.298 e. The lowest BCUT2D eigenvalue weighted by molar-refractivity contribution is 0.104. The van der Waals surface area contributed by atoms with E-state index in [0.717, 1.165) is 6.54 Å². The molecule has 0 unspecified atom stereocenters. The molecule has 84 valence electrons. The standard InChI is InChI=1S/C12H20N2S/c1-11(2)14-6-4-13(5-7-14)9-12-3-8-15-10-12/h3,8,10-11H,4-7,9H2,1-2H3. The third-order valence-electron chi connectivity index (χ3n) is 3.12. The number of piperazine rings is 1. The highest BCUT2D eigenvalue weighted by Gasteiger charge is 2.18. The van der Waals surface area contributed by atoms with Gasteiger partial charge in [-0.25, -0.2) is 0 Å². The Hall–Kier alpha value is -0.380. The molecule has 0 atom stereocenters. The molecular weight excluding hydrogens is 204 g/mol. The summed E-state index contributed by atoms with van der Waals surface area (Å²) in [7, 11) is 0. The third kappa shape index (κ3) is 3.03. The Morgan fingerprint density at radius 2 is 2.00 bits per heavy atom. The third-order valence-corrected chi connectivity index (χ3v) is 3.86. The van der Waals surface area contributed by atoms with Gasteiger partial charge in [0.25, 0.3) is 0 Å². The van der Waals surface area contributed by atoms with Gasteiger partial charge < -0.3 is 0 Å². The average Bonchev–Trinajstić information content (AvgIpc) is 2.71. The van der Waals surface area contributed by atoms with Gasteiger partial charge in [-0.3, -0.25) is 9.80 Å². The van der Waals surface area contributed by atoms with Crippen LogP contribution >= 0.6 is 11.3 Å². The minimum absolute atomic E-state index is 0.702. The fraction of sp³-hybridized carbons (Fsp3) is 0.667. The number of hydrogen-bond acceptors (Lipinski definition) is 3. The van der Waals surface area contributed by atoms with Gasteiger partial charge in [-0.15, -0.1) is 0 Å². The van der Waals surface area contributed by atoms with Crippen molar-refractivity contribution in [2.75, 3.05) is 26.2 Å². The SMILES string of the molecule is CC(C)N1CCN(Cc2ccsc2)CC1. The highest BCUT2D eigenvalue weighted by Crippen LogP contribution is 2.12. The van der Waals surface area contributed by atoms with Crippen LogP contribution in [0.1, 0.15) is 19.4 Å². The van der Waals surface area contributed by atoms with E-state index in [1.165, 1.54) is 31.7 Å². The maximum absolute atomic E-state index is 2.56. The molecule has 0 radical (unpaired) electrons. The molecule has 0 aromatic carbocycles. The molecule has 15 heavy (non-hydrogen) atoms. The Morgan fingerprint density at radius 1 is 1.27 bits per heavy atom. The lowest BCUT2D eigenvalue weighted by Crippen LogP contribution is -2.48. The summed E-state index contributed by atoms with van der Waals surface area (Å²) in [5.74, 6) is 0. The maximum Gasteiger partial charge on any atom is 0.0243 e. The van der Waals surface area contributed by atoms with Crippen LogP contribution in [0.2, 0.25) is 0 Å². The first-order valence-corrected chi connectivity index (χ1v) is 6.67. The second-order valence-electron chi connectivity index (χ2n) is 4.54. The molecule has 0 N–H and O–H groups in total. The van der Waals surface area contributed by atoms with Crippen molar-refractivity contribution in [2.45, 2.75) is 26.4 Å². The molecule has 3 heteroatoms. The highest BCUT2D eigenvalue weighted by atomic mass is 32.1. The van der Waals surface area contributed by atoms with E-state index in [-0.39, 0.29) is 0 Å². The van der Waals surface area contributed by atoms with Gasteiger partial charge in [0.2, 0.25) is 0 Å². The molecule has 0 saturated carbocycles. The van der Waals surface area contributed by atoms with Gasteiger partial charge in [-0.05, 0) is 36.2 Å². The van der Waals surface area contributed by atoms with Gasteiger partial charge in [-0.1, -0.05) is 0 Å². The van der Waals surface area contributed by atoms with E-state index in [9.17, 15) is 0 Å². The lowest BCUT2D eigenvalue weighted by Gasteiger charge is -2.36. The Balaban J connectivity index is 1.79. The Labute approximate surface area is 96.5 Å². The Morgan fingerprint density at radius 3 is 2.53 bits per heavy atom. The first-order chi connectivity index (χ1) is 7.25. The van der Waals surface area contributed by atoms with Crippen molar-refractivity contribution in [3.05, 3.63) is 22.4 Å². The molecule has 1 aromatic heterocycles. The van der Waals surface area contributed by atoms with Gasteiger partial charge in [0.15, 0.2) is 0 Å². The normalized spacial score (nSPS) is 19.9. The van der Waals surface area contributed by atoms with E-state index in [0.29, 0.717) is 6.04 Å². The number of rotatable bonds is 3. The first-order valence-electron chi connectivity index (χ1n) is 5.73. The number of nitrogens with zero attached hydrogens (tertiary/aromatic N) is 2. The fourth-order valence-corrected chi connectivity index (χ4v) is 2.74. The molecule has 0 aliphatic carbocycles. The van der Waals surface area contributed by atoms with Gasteiger partial charge in [0.1, 0.15) is 0 Å². The fourth-order valence-electron chi connectivity index (χ4n) is 2.08. The van der Waals surface area contributed by atoms with Crippen molar-refractivity contribution in [3.63, 3.8) is 0 Å². The van der Waals surface area contributed by atoms with Crippen LogP contribution in [0.4, 0.5) is 0 Å². The molecule has 1 saturated heterocycles. The van der Waals surface area contributed by atoms with Crippen molar-refractivity contribution in [2.24, 2.45) is 0 Å². The van der Waals surface area contributed by atoms with Crippen LogP contribution in [0, 0.1) is 0 Å². The van der Waals surface area contributed by atoms with Gasteiger partial charge in [0.05, 0.1) is 0 Å². The molecular formula is C12H20N2S. The molecule has 1 fully saturated rings. The smallest absolute Gasteiger partial charge is 0.0243 e. The molecule has 0 amide bonds. The predicted molar refractivity (Wildman–Crippen MR) is 66.3 cm³/mol. The van der Waals surface area contributed by atoms with E-state index in [4.69, 9.17) is 0 Å². The monoisotopic (exact) mass is 224 g/mol. The molecule has 2 nitrogen and oxygen atoms in total. The van der Waals surface area contributed by atoms with Crippen molar-refractivity contribution < 1.29 is 0 Å². The summed E-state index contributed by atoms with van der Waals surface area (Å²) in [5.41, 5.74) is 1.47. The van der Waals surface area contributed by atoms with Gasteiger partial charge in [0, 0.05) is 38.8 Å². The summed E-state index contributed by atoms with van der Waals surface area (Å²) >= 11 is 1.80. The second kappa shape index (κ2) is 5.10. The van der Waals surface area contributed by atoms with Crippen molar-refractivity contribution in [1.82, 2.24) is 9.80 Å². The van der Waals surface area contributed by atoms with Crippen molar-refractivity contribution in [1.29, 1.82) is 0 Å². The molecule has 1 aliphatic heterocycles. The van der Waals surface area contributed by atoms with Crippen LogP contribution in [-0.2, 0) is 6.54 Å². The summed E-state index contributed by atoms with van der Waals surface area (Å²) in [5, 5.41) is 4.43. The zero-order valence-corrected chi connectivity index (χ0v) is 10.5. The Bertz CT molecular complexity index is 274. The zero-order valence-electron chi connectivity index (χ0n) is 9.65. The molecule has 1 aliphatic rings. The molecule has 2 heterocycles. The quantitative estimate of drug-likeness (QED) is 0.777. The van der Waals surface area contributed by atoms with E-state index >= 15 is 0 Å². The van der Waals surface area contributed by atoms with Crippen LogP contribution in [0.5, 0.6) is 0 Å². The largest absolute Gasteiger partial charge is 0.298 e. The van der Waals surface area contributed by atoms with E-state index in [1.54, 1.807) is 11.3 Å². The average molecular weight is 224 g/mol. The minimum atomic E-state index is 0.702.